The molecule has 2 aromatic rings. The fourth-order valence-electron chi connectivity index (χ4n) is 1.56. The van der Waals surface area contributed by atoms with Gasteiger partial charge in [0.25, 0.3) is 0 Å². The third-order valence-electron chi connectivity index (χ3n) is 2.60. The number of hydrogen-bond donors (Lipinski definition) is 0. The molecule has 0 N–H and O–H groups in total. The summed E-state index contributed by atoms with van der Waals surface area (Å²) in [4.78, 5) is 15.5. The zero-order chi connectivity index (χ0) is 14.4. The highest BCUT2D eigenvalue weighted by Crippen LogP contribution is 2.09. The van der Waals surface area contributed by atoms with Gasteiger partial charge in [0.15, 0.2) is 0 Å². The Hall–Kier alpha value is -2.50. The first-order valence-corrected chi connectivity index (χ1v) is 6.08. The van der Waals surface area contributed by atoms with E-state index in [2.05, 4.69) is 10.1 Å². The predicted octanol–water partition coefficient (Wildman–Crippen LogP) is 2.06. The van der Waals surface area contributed by atoms with Gasteiger partial charge < -0.3 is 4.74 Å². The van der Waals surface area contributed by atoms with Crippen molar-refractivity contribution in [3.8, 4) is 0 Å². The van der Waals surface area contributed by atoms with E-state index < -0.39 is 5.97 Å². The number of carbonyl (C=O) groups excluding carboxylic acids is 1. The molecule has 0 aliphatic rings. The minimum Gasteiger partial charge on any atom is -0.460 e. The van der Waals surface area contributed by atoms with Crippen LogP contribution in [0.5, 0.6) is 0 Å². The number of esters is 1. The van der Waals surface area contributed by atoms with Gasteiger partial charge in [0.2, 0.25) is 0 Å². The van der Waals surface area contributed by atoms with Crippen LogP contribution < -0.4 is 0 Å². The minimum atomic E-state index is -0.408. The maximum atomic E-state index is 12.8. The SMILES string of the molecule is C/C(=C/c1ccc(F)cc1)C(=O)OCCn1cncn1. The highest BCUT2D eigenvalue weighted by atomic mass is 19.1. The Labute approximate surface area is 115 Å². The molecule has 0 amide bonds. The second-order valence-electron chi connectivity index (χ2n) is 4.17. The van der Waals surface area contributed by atoms with Crippen molar-refractivity contribution in [2.24, 2.45) is 0 Å². The molecule has 104 valence electrons. The van der Waals surface area contributed by atoms with Crippen LogP contribution in [0.2, 0.25) is 0 Å². The lowest BCUT2D eigenvalue weighted by atomic mass is 10.1. The van der Waals surface area contributed by atoms with Crippen LogP contribution in [0.4, 0.5) is 4.39 Å². The summed E-state index contributed by atoms with van der Waals surface area (Å²) in [7, 11) is 0. The maximum Gasteiger partial charge on any atom is 0.333 e. The number of halogens is 1. The standard InChI is InChI=1S/C14H14FN3O2/c1-11(8-12-2-4-13(15)5-3-12)14(19)20-7-6-18-10-16-9-17-18/h2-5,8-10H,6-7H2,1H3/b11-8-. The number of benzene rings is 1. The van der Waals surface area contributed by atoms with Crippen LogP contribution in [0.15, 0.2) is 42.5 Å². The molecular formula is C14H14FN3O2. The average Bonchev–Trinajstić information content (AvgIpc) is 2.94. The third kappa shape index (κ3) is 4.01. The van der Waals surface area contributed by atoms with Crippen LogP contribution in [-0.4, -0.2) is 27.3 Å². The fourth-order valence-corrected chi connectivity index (χ4v) is 1.56. The van der Waals surface area contributed by atoms with Gasteiger partial charge in [-0.05, 0) is 30.7 Å². The van der Waals surface area contributed by atoms with Crippen LogP contribution >= 0.6 is 0 Å². The molecule has 0 fully saturated rings. The number of aromatic nitrogens is 3. The molecule has 5 nitrogen and oxygen atoms in total. The van der Waals surface area contributed by atoms with Crippen LogP contribution in [-0.2, 0) is 16.1 Å². The molecule has 20 heavy (non-hydrogen) atoms. The number of rotatable bonds is 5. The minimum absolute atomic E-state index is 0.219. The molecule has 1 aromatic carbocycles. The second-order valence-corrected chi connectivity index (χ2v) is 4.17. The quantitative estimate of drug-likeness (QED) is 0.619. The molecule has 0 aliphatic heterocycles. The molecule has 0 unspecified atom stereocenters. The third-order valence-corrected chi connectivity index (χ3v) is 2.60. The Morgan fingerprint density at radius 3 is 2.80 bits per heavy atom. The van der Waals surface area contributed by atoms with Crippen LogP contribution in [0, 0.1) is 5.82 Å². The molecule has 1 heterocycles. The van der Waals surface area contributed by atoms with Gasteiger partial charge >= 0.3 is 5.97 Å². The molecule has 0 aliphatic carbocycles. The Balaban J connectivity index is 1.86. The van der Waals surface area contributed by atoms with Crippen molar-refractivity contribution in [2.45, 2.75) is 13.5 Å². The number of ether oxygens (including phenoxy) is 1. The molecular weight excluding hydrogens is 261 g/mol. The van der Waals surface area contributed by atoms with Gasteiger partial charge in [0.1, 0.15) is 25.1 Å². The molecule has 0 saturated heterocycles. The van der Waals surface area contributed by atoms with E-state index in [0.717, 1.165) is 5.56 Å². The number of nitrogens with zero attached hydrogens (tertiary/aromatic N) is 3. The van der Waals surface area contributed by atoms with E-state index in [0.29, 0.717) is 12.1 Å². The Kier molecular flexibility index (Phi) is 4.60. The lowest BCUT2D eigenvalue weighted by Gasteiger charge is -2.05. The molecule has 1 aromatic heterocycles. The summed E-state index contributed by atoms with van der Waals surface area (Å²) >= 11 is 0. The van der Waals surface area contributed by atoms with Crippen LogP contribution in [0.1, 0.15) is 12.5 Å². The van der Waals surface area contributed by atoms with E-state index in [4.69, 9.17) is 4.74 Å². The highest BCUT2D eigenvalue weighted by molar-refractivity contribution is 5.92. The molecule has 0 bridgehead atoms. The van der Waals surface area contributed by atoms with Gasteiger partial charge in [-0.1, -0.05) is 12.1 Å². The first kappa shape index (κ1) is 13.9. The second kappa shape index (κ2) is 6.60. The van der Waals surface area contributed by atoms with E-state index >= 15 is 0 Å². The zero-order valence-corrected chi connectivity index (χ0v) is 11.0. The number of carbonyl (C=O) groups is 1. The lowest BCUT2D eigenvalue weighted by Crippen LogP contribution is -2.12. The summed E-state index contributed by atoms with van der Waals surface area (Å²) in [5, 5.41) is 3.90. The first-order chi connectivity index (χ1) is 9.65. The van der Waals surface area contributed by atoms with Crippen molar-refractivity contribution in [2.75, 3.05) is 6.61 Å². The van der Waals surface area contributed by atoms with E-state index in [9.17, 15) is 9.18 Å². The van der Waals surface area contributed by atoms with E-state index in [1.807, 2.05) is 0 Å². The van der Waals surface area contributed by atoms with Crippen molar-refractivity contribution >= 4 is 12.0 Å². The van der Waals surface area contributed by atoms with Gasteiger partial charge in [-0.2, -0.15) is 5.10 Å². The monoisotopic (exact) mass is 275 g/mol. The summed E-state index contributed by atoms with van der Waals surface area (Å²) < 4.78 is 19.4. The van der Waals surface area contributed by atoms with Crippen molar-refractivity contribution in [1.29, 1.82) is 0 Å². The first-order valence-electron chi connectivity index (χ1n) is 6.08. The molecule has 2 rings (SSSR count). The van der Waals surface area contributed by atoms with Gasteiger partial charge in [-0.25, -0.2) is 18.9 Å². The predicted molar refractivity (Wildman–Crippen MR) is 71.0 cm³/mol. The number of hydrogen-bond acceptors (Lipinski definition) is 4. The summed E-state index contributed by atoms with van der Waals surface area (Å²) in [6.45, 7) is 2.33. The van der Waals surface area contributed by atoms with Crippen molar-refractivity contribution < 1.29 is 13.9 Å². The summed E-state index contributed by atoms with van der Waals surface area (Å²) in [5.74, 6) is -0.718. The normalized spacial score (nSPS) is 11.4. The van der Waals surface area contributed by atoms with E-state index in [1.165, 1.54) is 18.5 Å². The Bertz CT molecular complexity index is 591. The van der Waals surface area contributed by atoms with Crippen molar-refractivity contribution in [1.82, 2.24) is 14.8 Å². The topological polar surface area (TPSA) is 57.0 Å². The molecule has 0 atom stereocenters. The molecule has 0 saturated carbocycles. The van der Waals surface area contributed by atoms with Gasteiger partial charge in [0.05, 0.1) is 6.54 Å². The summed E-state index contributed by atoms with van der Waals surface area (Å²) in [6.07, 6.45) is 4.62. The Morgan fingerprint density at radius 1 is 1.40 bits per heavy atom. The lowest BCUT2D eigenvalue weighted by molar-refractivity contribution is -0.139. The average molecular weight is 275 g/mol. The highest BCUT2D eigenvalue weighted by Gasteiger charge is 2.06. The molecule has 0 spiro atoms. The zero-order valence-electron chi connectivity index (χ0n) is 11.0. The molecule has 6 heteroatoms. The molecule has 0 radical (unpaired) electrons. The van der Waals surface area contributed by atoms with Crippen LogP contribution in [0.25, 0.3) is 6.08 Å². The van der Waals surface area contributed by atoms with Gasteiger partial charge in [-0.15, -0.1) is 0 Å². The summed E-state index contributed by atoms with van der Waals surface area (Å²) in [5.41, 5.74) is 1.20. The van der Waals surface area contributed by atoms with Gasteiger partial charge in [0, 0.05) is 5.57 Å². The fraction of sp³-hybridized carbons (Fsp3) is 0.214. The largest absolute Gasteiger partial charge is 0.460 e. The van der Waals surface area contributed by atoms with E-state index in [1.54, 1.807) is 36.1 Å². The maximum absolute atomic E-state index is 12.8. The van der Waals surface area contributed by atoms with Crippen molar-refractivity contribution in [3.63, 3.8) is 0 Å². The Morgan fingerprint density at radius 2 is 2.15 bits per heavy atom. The van der Waals surface area contributed by atoms with Gasteiger partial charge in [-0.3, -0.25) is 0 Å². The summed E-state index contributed by atoms with van der Waals surface area (Å²) in [6, 6.07) is 5.88. The van der Waals surface area contributed by atoms with Crippen molar-refractivity contribution in [3.05, 3.63) is 53.9 Å². The smallest absolute Gasteiger partial charge is 0.333 e. The van der Waals surface area contributed by atoms with E-state index in [-0.39, 0.29) is 12.4 Å². The van der Waals surface area contributed by atoms with Crippen LogP contribution in [0.3, 0.4) is 0 Å².